The first-order chi connectivity index (χ1) is 7.81. The minimum absolute atomic E-state index is 0.127. The van der Waals surface area contributed by atoms with Gasteiger partial charge in [0.2, 0.25) is 0 Å². The van der Waals surface area contributed by atoms with E-state index in [0.29, 0.717) is 0 Å². The Kier molecular flexibility index (Phi) is 2.45. The van der Waals surface area contributed by atoms with Crippen molar-refractivity contribution in [1.29, 1.82) is 0 Å². The van der Waals surface area contributed by atoms with Gasteiger partial charge in [0, 0.05) is 0 Å². The van der Waals surface area contributed by atoms with Crippen LogP contribution in [0.25, 0.3) is 0 Å². The van der Waals surface area contributed by atoms with Gasteiger partial charge in [-0.15, -0.1) is 0 Å². The standard InChI is InChI=1S/C12H11NOSSe/c14-15(10-6-2-1-3-7-10)11-8-4-5-9-12(11)16-13-15/h1-9,15H,(H,13,14). The van der Waals surface area contributed by atoms with Crippen molar-refractivity contribution >= 4 is 29.8 Å². The summed E-state index contributed by atoms with van der Waals surface area (Å²) in [5, 5.41) is 0. The predicted molar refractivity (Wildman–Crippen MR) is 67.5 cm³/mol. The number of rotatable bonds is 1. The third-order valence-corrected chi connectivity index (χ3v) is 8.79. The molecule has 0 fully saturated rings. The number of fused-ring (bicyclic) bond motifs is 1. The van der Waals surface area contributed by atoms with Gasteiger partial charge in [0.25, 0.3) is 0 Å². The quantitative estimate of drug-likeness (QED) is 0.594. The van der Waals surface area contributed by atoms with E-state index in [1.54, 1.807) is 0 Å². The molecule has 0 bridgehead atoms. The van der Waals surface area contributed by atoms with E-state index in [0.717, 1.165) is 9.79 Å². The summed E-state index contributed by atoms with van der Waals surface area (Å²) < 4.78 is 17.4. The van der Waals surface area contributed by atoms with E-state index in [-0.39, 0.29) is 15.2 Å². The van der Waals surface area contributed by atoms with Gasteiger partial charge in [-0.25, -0.2) is 0 Å². The van der Waals surface area contributed by atoms with E-state index in [2.05, 4.69) is 9.80 Å². The molecule has 0 radical (unpaired) electrons. The van der Waals surface area contributed by atoms with Crippen molar-refractivity contribution in [2.24, 2.45) is 0 Å². The normalized spacial score (nSPS) is 19.0. The Balaban J connectivity index is 2.20. The van der Waals surface area contributed by atoms with Gasteiger partial charge in [-0.3, -0.25) is 0 Å². The number of thiol groups is 1. The van der Waals surface area contributed by atoms with Gasteiger partial charge >= 0.3 is 102 Å². The van der Waals surface area contributed by atoms with Gasteiger partial charge in [-0.05, 0) is 0 Å². The monoisotopic (exact) mass is 297 g/mol. The van der Waals surface area contributed by atoms with Gasteiger partial charge in [0.05, 0.1) is 0 Å². The second-order valence-corrected chi connectivity index (χ2v) is 8.51. The van der Waals surface area contributed by atoms with Crippen LogP contribution >= 0.6 is 0 Å². The van der Waals surface area contributed by atoms with Crippen molar-refractivity contribution in [2.45, 2.75) is 9.79 Å². The average Bonchev–Trinajstić information content (AvgIpc) is 2.71. The van der Waals surface area contributed by atoms with E-state index >= 15 is 0 Å². The first-order valence-electron chi connectivity index (χ1n) is 5.00. The van der Waals surface area contributed by atoms with Crippen molar-refractivity contribution in [2.75, 3.05) is 0 Å². The van der Waals surface area contributed by atoms with Crippen LogP contribution in [0.2, 0.25) is 0 Å². The van der Waals surface area contributed by atoms with Gasteiger partial charge in [0.15, 0.2) is 0 Å². The summed E-state index contributed by atoms with van der Waals surface area (Å²) in [6.45, 7) is 0. The molecule has 0 aromatic heterocycles. The number of hydrogen-bond donors (Lipinski definition) is 2. The molecule has 0 amide bonds. The molecule has 3 rings (SSSR count). The van der Waals surface area contributed by atoms with E-state index in [4.69, 9.17) is 0 Å². The van der Waals surface area contributed by atoms with Crippen LogP contribution in [-0.2, 0) is 10.1 Å². The summed E-state index contributed by atoms with van der Waals surface area (Å²) >= 11 is 0.127. The molecule has 0 aliphatic carbocycles. The minimum atomic E-state index is -2.53. The van der Waals surface area contributed by atoms with E-state index in [1.165, 1.54) is 4.46 Å². The molecule has 0 atom stereocenters. The van der Waals surface area contributed by atoms with Gasteiger partial charge in [0.1, 0.15) is 0 Å². The fourth-order valence-corrected chi connectivity index (χ4v) is 8.20. The van der Waals surface area contributed by atoms with Gasteiger partial charge in [-0.1, -0.05) is 0 Å². The molecule has 1 aliphatic rings. The SMILES string of the molecule is O=[SH]1(c2ccccc2)N[Se]c2ccccc21. The van der Waals surface area contributed by atoms with E-state index in [1.807, 2.05) is 48.5 Å². The van der Waals surface area contributed by atoms with Crippen LogP contribution in [-0.4, -0.2) is 19.4 Å². The molecule has 16 heavy (non-hydrogen) atoms. The van der Waals surface area contributed by atoms with E-state index < -0.39 is 10.1 Å². The maximum absolute atomic E-state index is 12.9. The van der Waals surface area contributed by atoms with Crippen molar-refractivity contribution < 1.29 is 4.21 Å². The molecule has 82 valence electrons. The molecular formula is C12H11NOSSe. The average molecular weight is 296 g/mol. The second-order valence-electron chi connectivity index (χ2n) is 3.61. The molecule has 0 saturated heterocycles. The molecule has 0 spiro atoms. The van der Waals surface area contributed by atoms with Crippen LogP contribution in [0.5, 0.6) is 0 Å². The van der Waals surface area contributed by atoms with Crippen molar-refractivity contribution in [3.05, 3.63) is 54.6 Å². The molecule has 4 heteroatoms. The Hall–Kier alpha value is -0.931. The Bertz CT molecular complexity index is 570. The molecule has 2 aromatic carbocycles. The first-order valence-corrected chi connectivity index (χ1v) is 8.42. The van der Waals surface area contributed by atoms with Crippen molar-refractivity contribution in [1.82, 2.24) is 3.74 Å². The van der Waals surface area contributed by atoms with Crippen molar-refractivity contribution in [3.8, 4) is 0 Å². The maximum atomic E-state index is 12.9. The Morgan fingerprint density at radius 2 is 1.62 bits per heavy atom. The summed E-state index contributed by atoms with van der Waals surface area (Å²) in [5.41, 5.74) is 0. The summed E-state index contributed by atoms with van der Waals surface area (Å²) in [5.74, 6) is 0. The van der Waals surface area contributed by atoms with Crippen LogP contribution in [0.4, 0.5) is 0 Å². The predicted octanol–water partition coefficient (Wildman–Crippen LogP) is 0.884. The Labute approximate surface area is 102 Å². The topological polar surface area (TPSA) is 29.1 Å². The number of hydrogen-bond acceptors (Lipinski definition) is 1. The molecular weight excluding hydrogens is 285 g/mol. The molecule has 2 nitrogen and oxygen atoms in total. The summed E-state index contributed by atoms with van der Waals surface area (Å²) in [4.78, 5) is 1.89. The molecule has 0 saturated carbocycles. The first kappa shape index (κ1) is 10.2. The summed E-state index contributed by atoms with van der Waals surface area (Å²) in [7, 11) is -2.53. The van der Waals surface area contributed by atoms with Crippen LogP contribution < -0.4 is 8.20 Å². The van der Waals surface area contributed by atoms with Crippen LogP contribution in [0.1, 0.15) is 0 Å². The number of nitrogens with one attached hydrogen (secondary N) is 1. The second kappa shape index (κ2) is 3.82. The summed E-state index contributed by atoms with van der Waals surface area (Å²) in [6.07, 6.45) is 0. The van der Waals surface area contributed by atoms with E-state index in [9.17, 15) is 4.21 Å². The number of benzene rings is 2. The molecule has 0 unspecified atom stereocenters. The fourth-order valence-electron chi connectivity index (χ4n) is 1.80. The zero-order valence-corrected chi connectivity index (χ0v) is 11.1. The van der Waals surface area contributed by atoms with Crippen LogP contribution in [0.15, 0.2) is 64.4 Å². The summed E-state index contributed by atoms with van der Waals surface area (Å²) in [6, 6.07) is 17.7. The van der Waals surface area contributed by atoms with Gasteiger partial charge < -0.3 is 0 Å². The zero-order chi connectivity index (χ0) is 11.0. The molecule has 2 aromatic rings. The fraction of sp³-hybridized carbons (Fsp3) is 0. The zero-order valence-electron chi connectivity index (χ0n) is 8.46. The third kappa shape index (κ3) is 1.46. The molecule has 1 N–H and O–H groups in total. The van der Waals surface area contributed by atoms with Crippen LogP contribution in [0, 0.1) is 0 Å². The van der Waals surface area contributed by atoms with Crippen molar-refractivity contribution in [3.63, 3.8) is 0 Å². The Morgan fingerprint density at radius 3 is 2.44 bits per heavy atom. The van der Waals surface area contributed by atoms with Gasteiger partial charge in [-0.2, -0.15) is 0 Å². The third-order valence-electron chi connectivity index (χ3n) is 2.61. The molecule has 1 aliphatic heterocycles. The molecule has 1 heterocycles. The Morgan fingerprint density at radius 1 is 0.938 bits per heavy atom. The van der Waals surface area contributed by atoms with Crippen LogP contribution in [0.3, 0.4) is 0 Å².